The molecule has 0 spiro atoms. The molecule has 7 nitrogen and oxygen atoms in total. The molecule has 0 aromatic heterocycles. The predicted octanol–water partition coefficient (Wildman–Crippen LogP) is 1.97. The van der Waals surface area contributed by atoms with Gasteiger partial charge in [0.15, 0.2) is 6.10 Å². The summed E-state index contributed by atoms with van der Waals surface area (Å²) in [6, 6.07) is 1.97. The Labute approximate surface area is 137 Å². The van der Waals surface area contributed by atoms with Gasteiger partial charge < -0.3 is 15.8 Å². The lowest BCUT2D eigenvalue weighted by atomic mass is 10.2. The summed E-state index contributed by atoms with van der Waals surface area (Å²) in [6.07, 6.45) is -1.20. The lowest BCUT2D eigenvalue weighted by molar-refractivity contribution is -0.127. The van der Waals surface area contributed by atoms with Crippen LogP contribution >= 0.6 is 23.2 Å². The molecule has 0 saturated carbocycles. The molecular weight excluding hydrogens is 333 g/mol. The zero-order valence-electron chi connectivity index (χ0n) is 11.9. The Kier molecular flexibility index (Phi) is 6.45. The molecule has 0 radical (unpaired) electrons. The molecule has 1 aromatic rings. The van der Waals surface area contributed by atoms with Crippen LogP contribution in [0.15, 0.2) is 12.1 Å². The number of anilines is 1. The number of ether oxygens (including phenoxy) is 1. The van der Waals surface area contributed by atoms with Gasteiger partial charge in [-0.1, -0.05) is 23.2 Å². The van der Waals surface area contributed by atoms with Gasteiger partial charge in [-0.05, 0) is 26.0 Å². The van der Waals surface area contributed by atoms with Gasteiger partial charge in [0.05, 0.1) is 16.3 Å². The third-order valence-corrected chi connectivity index (χ3v) is 3.07. The number of amides is 3. The second kappa shape index (κ2) is 7.86. The number of benzene rings is 1. The van der Waals surface area contributed by atoms with E-state index in [1.807, 2.05) is 5.32 Å². The first-order valence-electron chi connectivity index (χ1n) is 6.30. The second-order valence-corrected chi connectivity index (χ2v) is 5.09. The molecular formula is C13H15Cl2N3O4. The van der Waals surface area contributed by atoms with Gasteiger partial charge in [-0.2, -0.15) is 0 Å². The number of nitrogens with one attached hydrogen (secondary N) is 2. The van der Waals surface area contributed by atoms with Crippen LogP contribution in [0, 0.1) is 0 Å². The van der Waals surface area contributed by atoms with Crippen molar-refractivity contribution in [2.24, 2.45) is 0 Å². The summed E-state index contributed by atoms with van der Waals surface area (Å²) in [5.41, 5.74) is 5.60. The molecule has 4 N–H and O–H groups in total. The lowest BCUT2D eigenvalue weighted by Crippen LogP contribution is -2.44. The fourth-order valence-electron chi connectivity index (χ4n) is 1.45. The summed E-state index contributed by atoms with van der Waals surface area (Å²) in [5, 5.41) is 4.70. The van der Waals surface area contributed by atoms with E-state index in [2.05, 4.69) is 5.32 Å². The highest BCUT2D eigenvalue weighted by Crippen LogP contribution is 2.28. The number of carbonyl (C=O) groups is 3. The molecule has 0 bridgehead atoms. The van der Waals surface area contributed by atoms with Gasteiger partial charge >= 0.3 is 12.0 Å². The van der Waals surface area contributed by atoms with Crippen molar-refractivity contribution in [3.63, 3.8) is 0 Å². The quantitative estimate of drug-likeness (QED) is 0.569. The molecule has 0 aliphatic carbocycles. The monoisotopic (exact) mass is 347 g/mol. The number of nitrogen functional groups attached to an aromatic ring is 1. The van der Waals surface area contributed by atoms with Gasteiger partial charge in [0.2, 0.25) is 0 Å². The van der Waals surface area contributed by atoms with Gasteiger partial charge in [0.1, 0.15) is 0 Å². The third-order valence-electron chi connectivity index (χ3n) is 2.54. The van der Waals surface area contributed by atoms with Crippen molar-refractivity contribution in [3.05, 3.63) is 27.7 Å². The largest absolute Gasteiger partial charge is 0.449 e. The molecule has 0 aliphatic rings. The highest BCUT2D eigenvalue weighted by Gasteiger charge is 2.22. The maximum Gasteiger partial charge on any atom is 0.341 e. The first-order chi connectivity index (χ1) is 10.3. The average Bonchev–Trinajstić information content (AvgIpc) is 2.42. The van der Waals surface area contributed by atoms with Crippen molar-refractivity contribution in [1.29, 1.82) is 0 Å². The molecule has 1 atom stereocenters. The first kappa shape index (κ1) is 18.1. The number of hydrogen-bond donors (Lipinski definition) is 3. The molecule has 120 valence electrons. The van der Waals surface area contributed by atoms with Crippen LogP contribution in [0.4, 0.5) is 10.5 Å². The van der Waals surface area contributed by atoms with Crippen LogP contribution in [0.25, 0.3) is 0 Å². The number of urea groups is 1. The summed E-state index contributed by atoms with van der Waals surface area (Å²) >= 11 is 11.6. The van der Waals surface area contributed by atoms with E-state index in [4.69, 9.17) is 33.7 Å². The van der Waals surface area contributed by atoms with Gasteiger partial charge in [-0.15, -0.1) is 0 Å². The molecule has 0 unspecified atom stereocenters. The van der Waals surface area contributed by atoms with Crippen LogP contribution in [0.1, 0.15) is 24.2 Å². The number of halogens is 2. The minimum atomic E-state index is -1.20. The summed E-state index contributed by atoms with van der Waals surface area (Å²) in [4.78, 5) is 34.9. The zero-order chi connectivity index (χ0) is 16.9. The van der Waals surface area contributed by atoms with E-state index >= 15 is 0 Å². The van der Waals surface area contributed by atoms with Crippen LogP contribution in [-0.4, -0.2) is 30.6 Å². The molecule has 0 aliphatic heterocycles. The van der Waals surface area contributed by atoms with Gasteiger partial charge in [0, 0.05) is 11.6 Å². The van der Waals surface area contributed by atoms with Crippen LogP contribution in [-0.2, 0) is 9.53 Å². The molecule has 0 heterocycles. The number of rotatable bonds is 4. The van der Waals surface area contributed by atoms with Crippen molar-refractivity contribution in [2.45, 2.75) is 20.0 Å². The minimum absolute atomic E-state index is 0.00704. The Morgan fingerprint density at radius 3 is 2.55 bits per heavy atom. The van der Waals surface area contributed by atoms with Gasteiger partial charge in [0.25, 0.3) is 5.91 Å². The first-order valence-corrected chi connectivity index (χ1v) is 7.06. The van der Waals surface area contributed by atoms with Crippen molar-refractivity contribution in [3.8, 4) is 0 Å². The van der Waals surface area contributed by atoms with E-state index in [1.54, 1.807) is 6.92 Å². The Morgan fingerprint density at radius 1 is 1.32 bits per heavy atom. The number of carbonyl (C=O) groups excluding carboxylic acids is 3. The standard InChI is InChI=1S/C13H15Cl2N3O4/c1-3-17-13(21)18-11(19)6(2)22-12(20)8-4-7(14)5-9(15)10(8)16/h4-6H,3,16H2,1-2H3,(H2,17,18,19,21)/t6-/m0/s1. The summed E-state index contributed by atoms with van der Waals surface area (Å²) in [6.45, 7) is 3.36. The van der Waals surface area contributed by atoms with Gasteiger partial charge in [-0.25, -0.2) is 9.59 Å². The second-order valence-electron chi connectivity index (χ2n) is 4.25. The number of esters is 1. The van der Waals surface area contributed by atoms with E-state index in [1.165, 1.54) is 19.1 Å². The molecule has 0 fully saturated rings. The highest BCUT2D eigenvalue weighted by molar-refractivity contribution is 6.37. The lowest BCUT2D eigenvalue weighted by Gasteiger charge is -2.14. The van der Waals surface area contributed by atoms with Crippen LogP contribution in [0.2, 0.25) is 10.0 Å². The Morgan fingerprint density at radius 2 is 1.95 bits per heavy atom. The van der Waals surface area contributed by atoms with Crippen molar-refractivity contribution >= 4 is 46.8 Å². The van der Waals surface area contributed by atoms with E-state index < -0.39 is 24.0 Å². The Bertz CT molecular complexity index is 607. The van der Waals surface area contributed by atoms with Crippen molar-refractivity contribution in [2.75, 3.05) is 12.3 Å². The fraction of sp³-hybridized carbons (Fsp3) is 0.308. The summed E-state index contributed by atoms with van der Waals surface area (Å²) in [5.74, 6) is -1.65. The number of nitrogens with two attached hydrogens (primary N) is 1. The predicted molar refractivity (Wildman–Crippen MR) is 83.0 cm³/mol. The van der Waals surface area contributed by atoms with E-state index in [0.29, 0.717) is 6.54 Å². The maximum absolute atomic E-state index is 12.0. The molecule has 0 saturated heterocycles. The van der Waals surface area contributed by atoms with E-state index in [-0.39, 0.29) is 21.3 Å². The van der Waals surface area contributed by atoms with E-state index in [0.717, 1.165) is 0 Å². The number of hydrogen-bond acceptors (Lipinski definition) is 5. The molecule has 22 heavy (non-hydrogen) atoms. The smallest absolute Gasteiger partial charge is 0.341 e. The van der Waals surface area contributed by atoms with Crippen molar-refractivity contribution < 1.29 is 19.1 Å². The molecule has 1 rings (SSSR count). The van der Waals surface area contributed by atoms with Gasteiger partial charge in [-0.3, -0.25) is 10.1 Å². The summed E-state index contributed by atoms with van der Waals surface area (Å²) < 4.78 is 4.94. The summed E-state index contributed by atoms with van der Waals surface area (Å²) in [7, 11) is 0. The SMILES string of the molecule is CCNC(=O)NC(=O)[C@H](C)OC(=O)c1cc(Cl)cc(Cl)c1N. The average molecular weight is 348 g/mol. The molecule has 1 aromatic carbocycles. The number of imide groups is 1. The molecule has 3 amide bonds. The zero-order valence-corrected chi connectivity index (χ0v) is 13.4. The van der Waals surface area contributed by atoms with Crippen LogP contribution < -0.4 is 16.4 Å². The topological polar surface area (TPSA) is 111 Å². The van der Waals surface area contributed by atoms with E-state index in [9.17, 15) is 14.4 Å². The fourth-order valence-corrected chi connectivity index (χ4v) is 1.94. The third kappa shape index (κ3) is 4.78. The van der Waals surface area contributed by atoms with Crippen LogP contribution in [0.5, 0.6) is 0 Å². The Balaban J connectivity index is 2.76. The Hall–Kier alpha value is -1.99. The van der Waals surface area contributed by atoms with Crippen LogP contribution in [0.3, 0.4) is 0 Å². The minimum Gasteiger partial charge on any atom is -0.449 e. The molecule has 9 heteroatoms. The highest BCUT2D eigenvalue weighted by atomic mass is 35.5. The van der Waals surface area contributed by atoms with Crippen molar-refractivity contribution in [1.82, 2.24) is 10.6 Å². The normalized spacial score (nSPS) is 11.5. The maximum atomic E-state index is 12.0.